The van der Waals surface area contributed by atoms with Gasteiger partial charge in [-0.2, -0.15) is 0 Å². The van der Waals surface area contributed by atoms with E-state index >= 15 is 0 Å². The summed E-state index contributed by atoms with van der Waals surface area (Å²) in [5.74, 6) is -0.273. The number of benzene rings is 1. The van der Waals surface area contributed by atoms with E-state index in [-0.39, 0.29) is 5.97 Å². The maximum Gasteiger partial charge on any atom is 0.355 e. The lowest BCUT2D eigenvalue weighted by Gasteiger charge is -2.11. The van der Waals surface area contributed by atoms with E-state index in [9.17, 15) is 4.79 Å². The van der Waals surface area contributed by atoms with Gasteiger partial charge in [-0.1, -0.05) is 0 Å². The molecule has 1 heterocycles. The Morgan fingerprint density at radius 2 is 1.53 bits per heavy atom. The van der Waals surface area contributed by atoms with Gasteiger partial charge >= 0.3 is 5.97 Å². The van der Waals surface area contributed by atoms with Crippen LogP contribution in [-0.2, 0) is 4.74 Å². The fourth-order valence-corrected chi connectivity index (χ4v) is 2.69. The van der Waals surface area contributed by atoms with Crippen LogP contribution in [0.5, 0.6) is 0 Å². The van der Waals surface area contributed by atoms with Crippen LogP contribution >= 0.6 is 0 Å². The highest BCUT2D eigenvalue weighted by molar-refractivity contribution is 6.01. The smallest absolute Gasteiger partial charge is 0.355 e. The first-order chi connectivity index (χ1) is 8.90. The summed E-state index contributed by atoms with van der Waals surface area (Å²) in [5, 5.41) is 1.16. The molecular weight excluding hydrogens is 238 g/mol. The van der Waals surface area contributed by atoms with Crippen LogP contribution in [0.4, 0.5) is 0 Å². The van der Waals surface area contributed by atoms with Crippen LogP contribution in [0.15, 0.2) is 0 Å². The Hall–Kier alpha value is -1.77. The van der Waals surface area contributed by atoms with Gasteiger partial charge < -0.3 is 9.72 Å². The summed E-state index contributed by atoms with van der Waals surface area (Å²) in [5.41, 5.74) is 7.63. The molecule has 3 heteroatoms. The summed E-state index contributed by atoms with van der Waals surface area (Å²) in [7, 11) is 0. The lowest BCUT2D eigenvalue weighted by atomic mass is 9.94. The Balaban J connectivity index is 2.81. The standard InChI is InChI=1S/C16H21NO2/c1-7-19-16(18)15-12(6)13-10(4)8(2)9(3)11(5)14(13)17-15/h17H,7H2,1-6H3. The summed E-state index contributed by atoms with van der Waals surface area (Å²) in [6.07, 6.45) is 0. The van der Waals surface area contributed by atoms with Gasteiger partial charge in [-0.15, -0.1) is 0 Å². The van der Waals surface area contributed by atoms with Crippen molar-refractivity contribution in [3.63, 3.8) is 0 Å². The maximum absolute atomic E-state index is 12.0. The number of rotatable bonds is 2. The van der Waals surface area contributed by atoms with Crippen LogP contribution in [0, 0.1) is 34.6 Å². The number of esters is 1. The summed E-state index contributed by atoms with van der Waals surface area (Å²) in [6.45, 7) is 12.6. The summed E-state index contributed by atoms with van der Waals surface area (Å²) in [4.78, 5) is 15.2. The van der Waals surface area contributed by atoms with Crippen LogP contribution in [-0.4, -0.2) is 17.6 Å². The van der Waals surface area contributed by atoms with Gasteiger partial charge in [-0.25, -0.2) is 4.79 Å². The van der Waals surface area contributed by atoms with Crippen LogP contribution < -0.4 is 0 Å². The van der Waals surface area contributed by atoms with Crippen molar-refractivity contribution in [1.29, 1.82) is 0 Å². The first-order valence-corrected chi connectivity index (χ1v) is 6.65. The molecule has 0 bridgehead atoms. The fourth-order valence-electron chi connectivity index (χ4n) is 2.69. The Morgan fingerprint density at radius 1 is 0.947 bits per heavy atom. The zero-order valence-corrected chi connectivity index (χ0v) is 12.5. The molecule has 0 saturated carbocycles. The molecule has 1 N–H and O–H groups in total. The SMILES string of the molecule is CCOC(=O)c1[nH]c2c(C)c(C)c(C)c(C)c2c1C. The van der Waals surface area contributed by atoms with Crippen molar-refractivity contribution in [3.8, 4) is 0 Å². The quantitative estimate of drug-likeness (QED) is 0.831. The molecule has 1 aromatic heterocycles. The minimum Gasteiger partial charge on any atom is -0.461 e. The predicted molar refractivity (Wildman–Crippen MR) is 77.9 cm³/mol. The second-order valence-electron chi connectivity index (χ2n) is 5.10. The Bertz CT molecular complexity index is 665. The van der Waals surface area contributed by atoms with Crippen molar-refractivity contribution in [2.45, 2.75) is 41.5 Å². The largest absolute Gasteiger partial charge is 0.461 e. The van der Waals surface area contributed by atoms with E-state index < -0.39 is 0 Å². The molecule has 19 heavy (non-hydrogen) atoms. The van der Waals surface area contributed by atoms with Gasteiger partial charge in [-0.05, 0) is 69.4 Å². The van der Waals surface area contributed by atoms with Crippen molar-refractivity contribution >= 4 is 16.9 Å². The molecule has 2 rings (SSSR count). The van der Waals surface area contributed by atoms with Gasteiger partial charge in [0, 0.05) is 10.9 Å². The normalized spacial score (nSPS) is 11.1. The number of carbonyl (C=O) groups is 1. The molecule has 0 aliphatic rings. The minimum atomic E-state index is -0.273. The van der Waals surface area contributed by atoms with Gasteiger partial charge in [-0.3, -0.25) is 0 Å². The lowest BCUT2D eigenvalue weighted by molar-refractivity contribution is 0.0520. The highest BCUT2D eigenvalue weighted by atomic mass is 16.5. The third-order valence-electron chi connectivity index (χ3n) is 4.17. The molecule has 3 nitrogen and oxygen atoms in total. The van der Waals surface area contributed by atoms with E-state index in [0.29, 0.717) is 12.3 Å². The first kappa shape index (κ1) is 13.7. The third kappa shape index (κ3) is 1.93. The zero-order valence-electron chi connectivity index (χ0n) is 12.5. The highest BCUT2D eigenvalue weighted by Crippen LogP contribution is 2.32. The number of nitrogens with one attached hydrogen (secondary N) is 1. The van der Waals surface area contributed by atoms with Gasteiger partial charge in [0.05, 0.1) is 6.61 Å². The molecule has 0 unspecified atom stereocenters. The maximum atomic E-state index is 12.0. The zero-order chi connectivity index (χ0) is 14.3. The molecule has 0 aliphatic heterocycles. The predicted octanol–water partition coefficient (Wildman–Crippen LogP) is 3.89. The molecule has 0 amide bonds. The van der Waals surface area contributed by atoms with Crippen LogP contribution in [0.25, 0.3) is 10.9 Å². The summed E-state index contributed by atoms with van der Waals surface area (Å²) < 4.78 is 5.11. The van der Waals surface area contributed by atoms with E-state index in [0.717, 1.165) is 16.5 Å². The number of ether oxygens (including phenoxy) is 1. The Morgan fingerprint density at radius 3 is 2.11 bits per heavy atom. The Kier molecular flexibility index (Phi) is 3.40. The van der Waals surface area contributed by atoms with E-state index in [1.165, 1.54) is 22.3 Å². The van der Waals surface area contributed by atoms with E-state index in [1.54, 1.807) is 0 Å². The second-order valence-corrected chi connectivity index (χ2v) is 5.10. The Labute approximate surface area is 114 Å². The topological polar surface area (TPSA) is 42.1 Å². The van der Waals surface area contributed by atoms with Crippen molar-refractivity contribution < 1.29 is 9.53 Å². The number of fused-ring (bicyclic) bond motifs is 1. The number of hydrogen-bond donors (Lipinski definition) is 1. The molecule has 0 fully saturated rings. The molecule has 102 valence electrons. The molecule has 0 spiro atoms. The third-order valence-corrected chi connectivity index (χ3v) is 4.17. The average molecular weight is 259 g/mol. The molecule has 0 radical (unpaired) electrons. The summed E-state index contributed by atoms with van der Waals surface area (Å²) >= 11 is 0. The molecular formula is C16H21NO2. The highest BCUT2D eigenvalue weighted by Gasteiger charge is 2.20. The van der Waals surface area contributed by atoms with E-state index in [4.69, 9.17) is 4.74 Å². The van der Waals surface area contributed by atoms with E-state index in [2.05, 4.69) is 32.7 Å². The van der Waals surface area contributed by atoms with Gasteiger partial charge in [0.2, 0.25) is 0 Å². The van der Waals surface area contributed by atoms with Crippen molar-refractivity contribution in [2.24, 2.45) is 0 Å². The van der Waals surface area contributed by atoms with Gasteiger partial charge in [0.15, 0.2) is 0 Å². The second kappa shape index (κ2) is 4.72. The molecule has 1 aromatic carbocycles. The van der Waals surface area contributed by atoms with Crippen molar-refractivity contribution in [3.05, 3.63) is 33.5 Å². The number of H-pyrrole nitrogens is 1. The molecule has 0 saturated heterocycles. The minimum absolute atomic E-state index is 0.273. The number of hydrogen-bond acceptors (Lipinski definition) is 2. The van der Waals surface area contributed by atoms with Crippen LogP contribution in [0.1, 0.15) is 45.2 Å². The monoisotopic (exact) mass is 259 g/mol. The molecule has 0 atom stereocenters. The molecule has 2 aromatic rings. The number of aromatic nitrogens is 1. The summed E-state index contributed by atoms with van der Waals surface area (Å²) in [6, 6.07) is 0. The van der Waals surface area contributed by atoms with Crippen LogP contribution in [0.3, 0.4) is 0 Å². The van der Waals surface area contributed by atoms with Gasteiger partial charge in [0.1, 0.15) is 5.69 Å². The number of carbonyl (C=O) groups excluding carboxylic acids is 1. The molecule has 0 aliphatic carbocycles. The van der Waals surface area contributed by atoms with Crippen molar-refractivity contribution in [2.75, 3.05) is 6.61 Å². The van der Waals surface area contributed by atoms with Crippen LogP contribution in [0.2, 0.25) is 0 Å². The first-order valence-electron chi connectivity index (χ1n) is 6.65. The van der Waals surface area contributed by atoms with Crippen molar-refractivity contribution in [1.82, 2.24) is 4.98 Å². The average Bonchev–Trinajstić information content (AvgIpc) is 2.72. The van der Waals surface area contributed by atoms with E-state index in [1.807, 2.05) is 13.8 Å². The number of aromatic amines is 1. The fraction of sp³-hybridized carbons (Fsp3) is 0.438. The van der Waals surface area contributed by atoms with Gasteiger partial charge in [0.25, 0.3) is 0 Å². The lowest BCUT2D eigenvalue weighted by Crippen LogP contribution is -2.06. The number of aryl methyl sites for hydroxylation is 3.